The van der Waals surface area contributed by atoms with Gasteiger partial charge in [0, 0.05) is 5.70 Å². The second-order valence-electron chi connectivity index (χ2n) is 4.50. The highest BCUT2D eigenvalue weighted by Crippen LogP contribution is 2.28. The van der Waals surface area contributed by atoms with Gasteiger partial charge in [0.25, 0.3) is 0 Å². The minimum absolute atomic E-state index is 0.0802. The Balaban J connectivity index is 2.39. The minimum atomic E-state index is -0.599. The van der Waals surface area contributed by atoms with Crippen LogP contribution in [-0.4, -0.2) is 11.0 Å². The molecule has 0 spiro atoms. The molecule has 88 valence electrons. The fourth-order valence-corrected chi connectivity index (χ4v) is 1.83. The second kappa shape index (κ2) is 4.30. The third kappa shape index (κ3) is 2.36. The molecule has 1 aromatic rings. The Labute approximate surface area is 106 Å². The van der Waals surface area contributed by atoms with E-state index in [4.69, 9.17) is 12.2 Å². The van der Waals surface area contributed by atoms with Gasteiger partial charge >= 0.3 is 0 Å². The van der Waals surface area contributed by atoms with Crippen LogP contribution in [0.1, 0.15) is 19.4 Å². The maximum atomic E-state index is 11.8. The SMILES string of the molecule is CC1(C)C(=O)NC(=S)N/C1=C/c1ccccc1. The van der Waals surface area contributed by atoms with Crippen LogP contribution in [-0.2, 0) is 4.79 Å². The van der Waals surface area contributed by atoms with Crippen molar-refractivity contribution >= 4 is 29.3 Å². The summed E-state index contributed by atoms with van der Waals surface area (Å²) in [5, 5.41) is 6.03. The van der Waals surface area contributed by atoms with E-state index >= 15 is 0 Å². The maximum absolute atomic E-state index is 11.8. The van der Waals surface area contributed by atoms with Crippen molar-refractivity contribution < 1.29 is 4.79 Å². The van der Waals surface area contributed by atoms with Crippen LogP contribution in [0.15, 0.2) is 36.0 Å². The predicted octanol–water partition coefficient (Wildman–Crippen LogP) is 2.06. The number of hydrogen-bond acceptors (Lipinski definition) is 2. The number of carbonyl (C=O) groups excluding carboxylic acids is 1. The molecule has 1 amide bonds. The van der Waals surface area contributed by atoms with Crippen molar-refractivity contribution in [3.05, 3.63) is 41.6 Å². The molecule has 1 saturated heterocycles. The van der Waals surface area contributed by atoms with Gasteiger partial charge in [0.2, 0.25) is 5.91 Å². The fraction of sp³-hybridized carbons (Fsp3) is 0.231. The number of hydrogen-bond donors (Lipinski definition) is 2. The summed E-state index contributed by atoms with van der Waals surface area (Å²) < 4.78 is 0. The van der Waals surface area contributed by atoms with Crippen molar-refractivity contribution in [3.8, 4) is 0 Å². The van der Waals surface area contributed by atoms with Crippen LogP contribution in [0.5, 0.6) is 0 Å². The summed E-state index contributed by atoms with van der Waals surface area (Å²) in [6.07, 6.45) is 1.95. The third-order valence-corrected chi connectivity index (χ3v) is 3.03. The van der Waals surface area contributed by atoms with E-state index in [1.807, 2.05) is 50.3 Å². The van der Waals surface area contributed by atoms with E-state index in [2.05, 4.69) is 10.6 Å². The molecular formula is C13H14N2OS. The second-order valence-corrected chi connectivity index (χ2v) is 4.91. The van der Waals surface area contributed by atoms with Gasteiger partial charge in [-0.25, -0.2) is 0 Å². The molecule has 0 saturated carbocycles. The van der Waals surface area contributed by atoms with E-state index in [-0.39, 0.29) is 5.91 Å². The summed E-state index contributed by atoms with van der Waals surface area (Å²) in [6, 6.07) is 9.85. The Morgan fingerprint density at radius 3 is 2.47 bits per heavy atom. The highest BCUT2D eigenvalue weighted by Gasteiger charge is 2.36. The normalized spacial score (nSPS) is 20.9. The van der Waals surface area contributed by atoms with Crippen LogP contribution in [0, 0.1) is 5.41 Å². The lowest BCUT2D eigenvalue weighted by Crippen LogP contribution is -2.54. The molecule has 2 N–H and O–H groups in total. The molecule has 0 radical (unpaired) electrons. The summed E-state index contributed by atoms with van der Waals surface area (Å²) in [5.74, 6) is -0.0802. The molecular weight excluding hydrogens is 232 g/mol. The number of benzene rings is 1. The Kier molecular flexibility index (Phi) is 2.98. The number of amides is 1. The summed E-state index contributed by atoms with van der Waals surface area (Å²) in [5.41, 5.74) is 1.26. The predicted molar refractivity (Wildman–Crippen MR) is 72.1 cm³/mol. The van der Waals surface area contributed by atoms with Gasteiger partial charge in [-0.15, -0.1) is 0 Å². The highest BCUT2D eigenvalue weighted by atomic mass is 32.1. The molecule has 1 aliphatic heterocycles. The molecule has 0 aromatic heterocycles. The lowest BCUT2D eigenvalue weighted by molar-refractivity contribution is -0.126. The van der Waals surface area contributed by atoms with Crippen LogP contribution in [0.4, 0.5) is 0 Å². The van der Waals surface area contributed by atoms with Crippen LogP contribution >= 0.6 is 12.2 Å². The van der Waals surface area contributed by atoms with Gasteiger partial charge < -0.3 is 10.6 Å². The first kappa shape index (κ1) is 11.8. The molecule has 0 bridgehead atoms. The molecule has 2 rings (SSSR count). The van der Waals surface area contributed by atoms with Crippen molar-refractivity contribution in [3.63, 3.8) is 0 Å². The van der Waals surface area contributed by atoms with E-state index in [0.717, 1.165) is 11.3 Å². The largest absolute Gasteiger partial charge is 0.335 e. The van der Waals surface area contributed by atoms with Crippen molar-refractivity contribution in [2.75, 3.05) is 0 Å². The van der Waals surface area contributed by atoms with Gasteiger partial charge in [0.1, 0.15) is 0 Å². The number of thiocarbonyl (C=S) groups is 1. The third-order valence-electron chi connectivity index (χ3n) is 2.83. The quantitative estimate of drug-likeness (QED) is 0.745. The molecule has 4 heteroatoms. The zero-order valence-corrected chi connectivity index (χ0v) is 10.6. The zero-order valence-electron chi connectivity index (χ0n) is 9.78. The average molecular weight is 246 g/mol. The van der Waals surface area contributed by atoms with Crippen molar-refractivity contribution in [2.45, 2.75) is 13.8 Å². The van der Waals surface area contributed by atoms with Gasteiger partial charge in [-0.2, -0.15) is 0 Å². The Morgan fingerprint density at radius 2 is 1.82 bits per heavy atom. The smallest absolute Gasteiger partial charge is 0.237 e. The minimum Gasteiger partial charge on any atom is -0.335 e. The standard InChI is InChI=1S/C13H14N2OS/c1-13(2)10(14-12(17)15-11(13)16)8-9-6-4-3-5-7-9/h3-8H,1-2H3,(H2,14,15,16,17)/b10-8+. The van der Waals surface area contributed by atoms with Gasteiger partial charge in [-0.3, -0.25) is 4.79 Å². The molecule has 17 heavy (non-hydrogen) atoms. The summed E-state index contributed by atoms with van der Waals surface area (Å²) in [4.78, 5) is 11.8. The first-order valence-electron chi connectivity index (χ1n) is 5.40. The van der Waals surface area contributed by atoms with E-state index in [1.165, 1.54) is 0 Å². The van der Waals surface area contributed by atoms with E-state index in [9.17, 15) is 4.79 Å². The van der Waals surface area contributed by atoms with Crippen molar-refractivity contribution in [2.24, 2.45) is 5.41 Å². The van der Waals surface area contributed by atoms with E-state index < -0.39 is 5.41 Å². The monoisotopic (exact) mass is 246 g/mol. The first-order chi connectivity index (χ1) is 8.00. The molecule has 0 unspecified atom stereocenters. The molecule has 0 aliphatic carbocycles. The Morgan fingerprint density at radius 1 is 1.18 bits per heavy atom. The molecule has 0 atom stereocenters. The van der Waals surface area contributed by atoms with Gasteiger partial charge in [0.15, 0.2) is 5.11 Å². The highest BCUT2D eigenvalue weighted by molar-refractivity contribution is 7.80. The Hall–Kier alpha value is -1.68. The van der Waals surface area contributed by atoms with Crippen LogP contribution in [0.3, 0.4) is 0 Å². The topological polar surface area (TPSA) is 41.1 Å². The Bertz CT molecular complexity index is 491. The van der Waals surface area contributed by atoms with Crippen LogP contribution < -0.4 is 10.6 Å². The zero-order chi connectivity index (χ0) is 12.5. The summed E-state index contributed by atoms with van der Waals surface area (Å²) in [7, 11) is 0. The molecule has 3 nitrogen and oxygen atoms in total. The van der Waals surface area contributed by atoms with E-state index in [1.54, 1.807) is 0 Å². The van der Waals surface area contributed by atoms with Crippen LogP contribution in [0.2, 0.25) is 0 Å². The number of nitrogens with one attached hydrogen (secondary N) is 2. The van der Waals surface area contributed by atoms with Crippen LogP contribution in [0.25, 0.3) is 6.08 Å². The van der Waals surface area contributed by atoms with E-state index in [0.29, 0.717) is 5.11 Å². The van der Waals surface area contributed by atoms with Gasteiger partial charge in [-0.1, -0.05) is 30.3 Å². The lowest BCUT2D eigenvalue weighted by Gasteiger charge is -2.33. The van der Waals surface area contributed by atoms with Crippen molar-refractivity contribution in [1.29, 1.82) is 0 Å². The molecule has 1 aliphatic rings. The lowest BCUT2D eigenvalue weighted by atomic mass is 9.85. The van der Waals surface area contributed by atoms with Gasteiger partial charge in [-0.05, 0) is 37.7 Å². The summed E-state index contributed by atoms with van der Waals surface area (Å²) >= 11 is 4.99. The molecule has 1 aromatic carbocycles. The molecule has 1 heterocycles. The maximum Gasteiger partial charge on any atom is 0.237 e. The first-order valence-corrected chi connectivity index (χ1v) is 5.80. The number of carbonyl (C=O) groups is 1. The van der Waals surface area contributed by atoms with Crippen molar-refractivity contribution in [1.82, 2.24) is 10.6 Å². The average Bonchev–Trinajstić information content (AvgIpc) is 2.27. The van der Waals surface area contributed by atoms with Gasteiger partial charge in [0.05, 0.1) is 5.41 Å². The summed E-state index contributed by atoms with van der Waals surface area (Å²) in [6.45, 7) is 3.73. The number of rotatable bonds is 1. The fourth-order valence-electron chi connectivity index (χ4n) is 1.62. The molecule has 1 fully saturated rings.